The quantitative estimate of drug-likeness (QED) is 0.456. The summed E-state index contributed by atoms with van der Waals surface area (Å²) in [5.41, 5.74) is -7.02. The molecule has 0 saturated carbocycles. The van der Waals surface area contributed by atoms with Gasteiger partial charge in [0.25, 0.3) is 0 Å². The second-order valence-electron chi connectivity index (χ2n) is 7.43. The van der Waals surface area contributed by atoms with E-state index in [1.165, 1.54) is 24.3 Å². The fourth-order valence-corrected chi connectivity index (χ4v) is 5.06. The maximum Gasteiger partial charge on any atom is 0.355 e. The van der Waals surface area contributed by atoms with E-state index in [2.05, 4.69) is 0 Å². The molecule has 172 valence electrons. The summed E-state index contributed by atoms with van der Waals surface area (Å²) < 4.78 is 19.3. The number of carbonyl (C=O) groups is 5. The number of hydrogen-bond donors (Lipinski definition) is 1. The molecule has 33 heavy (non-hydrogen) atoms. The molecule has 0 aromatic heterocycles. The number of fused-ring (bicyclic) bond motifs is 2. The topological polar surface area (TPSA) is 146 Å². The zero-order valence-corrected chi connectivity index (χ0v) is 18.1. The maximum absolute atomic E-state index is 14.0. The fraction of sp³-hybridized carbons (Fsp3) is 0.318. The van der Waals surface area contributed by atoms with E-state index in [0.717, 1.165) is 33.3 Å². The van der Waals surface area contributed by atoms with Crippen molar-refractivity contribution in [3.63, 3.8) is 0 Å². The number of esters is 4. The molecule has 0 radical (unpaired) electrons. The molecule has 2 aliphatic heterocycles. The van der Waals surface area contributed by atoms with E-state index in [4.69, 9.17) is 18.9 Å². The van der Waals surface area contributed by atoms with E-state index < -0.39 is 64.2 Å². The Morgan fingerprint density at radius 1 is 0.848 bits per heavy atom. The summed E-state index contributed by atoms with van der Waals surface area (Å²) in [7, 11) is 4.17. The molecule has 2 unspecified atom stereocenters. The Balaban J connectivity index is 2.21. The minimum absolute atomic E-state index is 0.0113. The highest BCUT2D eigenvalue weighted by Gasteiger charge is 2.79. The van der Waals surface area contributed by atoms with Crippen molar-refractivity contribution in [3.8, 4) is 0 Å². The summed E-state index contributed by atoms with van der Waals surface area (Å²) in [5.74, 6) is -5.12. The van der Waals surface area contributed by atoms with Gasteiger partial charge < -0.3 is 29.0 Å². The second kappa shape index (κ2) is 7.27. The Bertz CT molecular complexity index is 1210. The van der Waals surface area contributed by atoms with Crippen LogP contribution in [0.15, 0.2) is 46.7 Å². The molecule has 4 rings (SSSR count). The van der Waals surface area contributed by atoms with Gasteiger partial charge in [0.05, 0.1) is 46.1 Å². The first-order valence-electron chi connectivity index (χ1n) is 9.64. The SMILES string of the molecule is COC(=O)C1=C(C(=O)OC)C23C(=O)c4ccccc4C2(O)C(C(=O)OC)=C(C(=O)OC)N3C1. The lowest BCUT2D eigenvalue weighted by Gasteiger charge is -2.39. The standard InChI is InChI=1S/C22H19NO10/c1-30-17(25)11-9-23-15(20(28)33-4)14(19(27)32-3)22(29)12-8-6-5-7-10(12)16(24)21(22,23)13(11)18(26)31-2/h5-8,29H,9H2,1-4H3. The molecular weight excluding hydrogens is 438 g/mol. The van der Waals surface area contributed by atoms with E-state index >= 15 is 0 Å². The summed E-state index contributed by atoms with van der Waals surface area (Å²) >= 11 is 0. The third-order valence-corrected chi connectivity index (χ3v) is 6.26. The summed E-state index contributed by atoms with van der Waals surface area (Å²) in [5, 5.41) is 12.3. The van der Waals surface area contributed by atoms with Crippen LogP contribution in [0.1, 0.15) is 15.9 Å². The van der Waals surface area contributed by atoms with Crippen molar-refractivity contribution in [2.24, 2.45) is 0 Å². The van der Waals surface area contributed by atoms with Crippen LogP contribution in [0.2, 0.25) is 0 Å². The highest BCUT2D eigenvalue weighted by atomic mass is 16.5. The number of Topliss-reactive ketones (excluding diaryl/α,β-unsaturated/α-hetero) is 1. The second-order valence-corrected chi connectivity index (χ2v) is 7.43. The fourth-order valence-electron chi connectivity index (χ4n) is 5.06. The number of methoxy groups -OCH3 is 4. The first kappa shape index (κ1) is 22.2. The van der Waals surface area contributed by atoms with Gasteiger partial charge >= 0.3 is 23.9 Å². The molecule has 0 saturated heterocycles. The first-order valence-corrected chi connectivity index (χ1v) is 9.64. The third kappa shape index (κ3) is 2.34. The molecule has 1 aromatic rings. The van der Waals surface area contributed by atoms with Gasteiger partial charge in [0.15, 0.2) is 16.9 Å². The highest BCUT2D eigenvalue weighted by Crippen LogP contribution is 2.64. The van der Waals surface area contributed by atoms with Gasteiger partial charge in [-0.3, -0.25) is 4.79 Å². The van der Waals surface area contributed by atoms with Crippen LogP contribution in [0, 0.1) is 0 Å². The number of ketones is 1. The zero-order chi connectivity index (χ0) is 24.3. The van der Waals surface area contributed by atoms with Crippen LogP contribution < -0.4 is 0 Å². The lowest BCUT2D eigenvalue weighted by atomic mass is 9.72. The molecule has 11 nitrogen and oxygen atoms in total. The minimum atomic E-state index is -2.59. The van der Waals surface area contributed by atoms with Crippen molar-refractivity contribution in [3.05, 3.63) is 57.8 Å². The lowest BCUT2D eigenvalue weighted by Crippen LogP contribution is -2.60. The summed E-state index contributed by atoms with van der Waals surface area (Å²) in [6.07, 6.45) is 0. The number of hydrogen-bond acceptors (Lipinski definition) is 11. The average molecular weight is 457 g/mol. The summed E-state index contributed by atoms with van der Waals surface area (Å²) in [4.78, 5) is 66.4. The van der Waals surface area contributed by atoms with Crippen molar-refractivity contribution in [2.45, 2.75) is 11.1 Å². The molecule has 0 amide bonds. The minimum Gasteiger partial charge on any atom is -0.466 e. The first-order chi connectivity index (χ1) is 15.7. The van der Waals surface area contributed by atoms with E-state index in [9.17, 15) is 29.1 Å². The monoisotopic (exact) mass is 457 g/mol. The molecule has 1 aliphatic carbocycles. The molecule has 3 aliphatic rings. The summed E-state index contributed by atoms with van der Waals surface area (Å²) in [6.45, 7) is -0.524. The Hall–Kier alpha value is -3.99. The van der Waals surface area contributed by atoms with E-state index in [1.54, 1.807) is 0 Å². The van der Waals surface area contributed by atoms with E-state index in [0.29, 0.717) is 0 Å². The Morgan fingerprint density at radius 3 is 1.97 bits per heavy atom. The number of ether oxygens (including phenoxy) is 4. The van der Waals surface area contributed by atoms with Crippen molar-refractivity contribution in [1.82, 2.24) is 4.90 Å². The van der Waals surface area contributed by atoms with Gasteiger partial charge in [-0.25, -0.2) is 19.2 Å². The van der Waals surface area contributed by atoms with Crippen LogP contribution in [-0.4, -0.2) is 80.2 Å². The zero-order valence-electron chi connectivity index (χ0n) is 18.1. The predicted octanol–water partition coefficient (Wildman–Crippen LogP) is -0.619. The molecule has 0 bridgehead atoms. The smallest absolute Gasteiger partial charge is 0.355 e. The highest BCUT2D eigenvalue weighted by molar-refractivity contribution is 6.24. The molecule has 1 N–H and O–H groups in total. The van der Waals surface area contributed by atoms with Gasteiger partial charge in [-0.05, 0) is 0 Å². The summed E-state index contributed by atoms with van der Waals surface area (Å²) in [6, 6.07) is 5.83. The third-order valence-electron chi connectivity index (χ3n) is 6.26. The molecule has 2 heterocycles. The molecular formula is C22H19NO10. The molecule has 1 aromatic carbocycles. The maximum atomic E-state index is 14.0. The Labute approximate surface area is 187 Å². The number of aliphatic hydroxyl groups is 1. The Kier molecular flexibility index (Phi) is 4.89. The lowest BCUT2D eigenvalue weighted by molar-refractivity contribution is -0.142. The number of nitrogens with zero attached hydrogens (tertiary/aromatic N) is 1. The van der Waals surface area contributed by atoms with Gasteiger partial charge in [-0.15, -0.1) is 0 Å². The number of benzene rings is 1. The van der Waals surface area contributed by atoms with Crippen LogP contribution in [0.3, 0.4) is 0 Å². The van der Waals surface area contributed by atoms with Crippen LogP contribution in [0.25, 0.3) is 0 Å². The van der Waals surface area contributed by atoms with Gasteiger partial charge in [-0.1, -0.05) is 24.3 Å². The molecule has 1 spiro atoms. The van der Waals surface area contributed by atoms with E-state index in [-0.39, 0.29) is 16.7 Å². The van der Waals surface area contributed by atoms with Crippen LogP contribution >= 0.6 is 0 Å². The van der Waals surface area contributed by atoms with Crippen LogP contribution in [0.5, 0.6) is 0 Å². The number of carbonyl (C=O) groups excluding carboxylic acids is 5. The molecule has 11 heteroatoms. The predicted molar refractivity (Wildman–Crippen MR) is 106 cm³/mol. The van der Waals surface area contributed by atoms with Gasteiger partial charge in [0.2, 0.25) is 0 Å². The van der Waals surface area contributed by atoms with Crippen LogP contribution in [0.4, 0.5) is 0 Å². The van der Waals surface area contributed by atoms with Gasteiger partial charge in [0.1, 0.15) is 11.3 Å². The van der Waals surface area contributed by atoms with E-state index in [1.807, 2.05) is 0 Å². The van der Waals surface area contributed by atoms with Crippen molar-refractivity contribution in [1.29, 1.82) is 0 Å². The van der Waals surface area contributed by atoms with Crippen molar-refractivity contribution in [2.75, 3.05) is 35.0 Å². The largest absolute Gasteiger partial charge is 0.466 e. The number of rotatable bonds is 4. The van der Waals surface area contributed by atoms with Gasteiger partial charge in [-0.2, -0.15) is 0 Å². The molecule has 2 atom stereocenters. The molecule has 0 fully saturated rings. The normalized spacial score (nSPS) is 24.9. The average Bonchev–Trinajstić information content (AvgIpc) is 3.37. The van der Waals surface area contributed by atoms with Crippen molar-refractivity contribution >= 4 is 29.7 Å². The Morgan fingerprint density at radius 2 is 1.39 bits per heavy atom. The van der Waals surface area contributed by atoms with Crippen LogP contribution in [-0.2, 0) is 43.7 Å². The van der Waals surface area contributed by atoms with Gasteiger partial charge in [0, 0.05) is 11.1 Å². The van der Waals surface area contributed by atoms with Crippen molar-refractivity contribution < 1.29 is 48.0 Å².